The van der Waals surface area contributed by atoms with E-state index in [0.717, 1.165) is 13.1 Å². The quantitative estimate of drug-likeness (QED) is 0.537. The summed E-state index contributed by atoms with van der Waals surface area (Å²) >= 11 is 0. The van der Waals surface area contributed by atoms with Gasteiger partial charge in [-0.25, -0.2) is 0 Å². The molecule has 0 aliphatic carbocycles. The summed E-state index contributed by atoms with van der Waals surface area (Å²) in [6.45, 7) is 5.30. The predicted octanol–water partition coefficient (Wildman–Crippen LogP) is -1.15. The molecule has 2 atom stereocenters. The summed E-state index contributed by atoms with van der Waals surface area (Å²) in [5.41, 5.74) is 0. The van der Waals surface area contributed by atoms with E-state index in [9.17, 15) is 9.59 Å². The van der Waals surface area contributed by atoms with Gasteiger partial charge in [-0.3, -0.25) is 9.59 Å². The third kappa shape index (κ3) is 3.33. The minimum atomic E-state index is -0.183. The molecule has 0 spiro atoms. The lowest BCUT2D eigenvalue weighted by molar-refractivity contribution is -0.125. The molecule has 14 heavy (non-hydrogen) atoms. The number of hydrogen-bond donors (Lipinski definition) is 3. The van der Waals surface area contributed by atoms with E-state index in [2.05, 4.69) is 22.9 Å². The van der Waals surface area contributed by atoms with Crippen molar-refractivity contribution in [3.63, 3.8) is 0 Å². The Hall–Kier alpha value is -1.10. The zero-order chi connectivity index (χ0) is 10.6. The Bertz CT molecular complexity index is 230. The van der Waals surface area contributed by atoms with Gasteiger partial charge in [-0.1, -0.05) is 6.92 Å². The largest absolute Gasteiger partial charge is 0.350 e. The monoisotopic (exact) mass is 199 g/mol. The molecule has 1 aliphatic heterocycles. The first kappa shape index (κ1) is 11.0. The van der Waals surface area contributed by atoms with Crippen LogP contribution in [-0.4, -0.2) is 37.5 Å². The number of carbonyl (C=O) groups excluding carboxylic acids is 2. The molecule has 0 radical (unpaired) electrons. The lowest BCUT2D eigenvalue weighted by Gasteiger charge is -2.16. The highest BCUT2D eigenvalue weighted by atomic mass is 16.2. The van der Waals surface area contributed by atoms with E-state index in [1.54, 1.807) is 0 Å². The molecule has 3 N–H and O–H groups in total. The summed E-state index contributed by atoms with van der Waals surface area (Å²) in [6.07, 6.45) is 0. The van der Waals surface area contributed by atoms with Gasteiger partial charge >= 0.3 is 0 Å². The Kier molecular flexibility index (Phi) is 3.88. The van der Waals surface area contributed by atoms with Crippen LogP contribution < -0.4 is 16.0 Å². The van der Waals surface area contributed by atoms with E-state index in [1.165, 1.54) is 6.92 Å². The van der Waals surface area contributed by atoms with Crippen molar-refractivity contribution in [1.82, 2.24) is 16.0 Å². The predicted molar refractivity (Wildman–Crippen MR) is 52.6 cm³/mol. The van der Waals surface area contributed by atoms with Crippen LogP contribution in [0, 0.1) is 5.92 Å². The Morgan fingerprint density at radius 3 is 2.64 bits per heavy atom. The second-order valence-electron chi connectivity index (χ2n) is 3.72. The third-order valence-corrected chi connectivity index (χ3v) is 2.36. The highest BCUT2D eigenvalue weighted by molar-refractivity contribution is 5.83. The van der Waals surface area contributed by atoms with Gasteiger partial charge in [0.25, 0.3) is 0 Å². The first-order chi connectivity index (χ1) is 6.59. The maximum Gasteiger partial charge on any atom is 0.239 e. The molecule has 80 valence electrons. The van der Waals surface area contributed by atoms with Gasteiger partial charge in [0.2, 0.25) is 11.8 Å². The van der Waals surface area contributed by atoms with E-state index < -0.39 is 0 Å². The van der Waals surface area contributed by atoms with E-state index in [1.807, 2.05) is 0 Å². The number of nitrogens with one attached hydrogen (secondary N) is 3. The van der Waals surface area contributed by atoms with Crippen molar-refractivity contribution < 1.29 is 9.59 Å². The van der Waals surface area contributed by atoms with Gasteiger partial charge in [0.1, 0.15) is 0 Å². The van der Waals surface area contributed by atoms with E-state index >= 15 is 0 Å². The van der Waals surface area contributed by atoms with E-state index in [4.69, 9.17) is 0 Å². The van der Waals surface area contributed by atoms with Crippen molar-refractivity contribution >= 4 is 11.8 Å². The molecule has 0 aromatic carbocycles. The molecule has 0 bridgehead atoms. The van der Waals surface area contributed by atoms with Gasteiger partial charge in [0.15, 0.2) is 0 Å². The van der Waals surface area contributed by atoms with Crippen LogP contribution in [0.4, 0.5) is 0 Å². The molecule has 5 nitrogen and oxygen atoms in total. The summed E-state index contributed by atoms with van der Waals surface area (Å²) in [5.74, 6) is 0.148. The number of rotatable bonds is 3. The maximum absolute atomic E-state index is 11.3. The van der Waals surface area contributed by atoms with Crippen LogP contribution in [0.5, 0.6) is 0 Å². The Balaban J connectivity index is 2.22. The molecule has 0 aromatic rings. The highest BCUT2D eigenvalue weighted by Gasteiger charge is 2.24. The van der Waals surface area contributed by atoms with Gasteiger partial charge in [0.05, 0.1) is 6.54 Å². The molecule has 2 unspecified atom stereocenters. The minimum Gasteiger partial charge on any atom is -0.350 e. The van der Waals surface area contributed by atoms with Gasteiger partial charge < -0.3 is 16.0 Å². The molecular formula is C9H17N3O2. The zero-order valence-electron chi connectivity index (χ0n) is 8.59. The second kappa shape index (κ2) is 4.95. The van der Waals surface area contributed by atoms with E-state index in [0.29, 0.717) is 5.92 Å². The SMILES string of the molecule is CC(=O)NCC(=O)NC1CNCC1C. The standard InChI is InChI=1S/C9H17N3O2/c1-6-3-10-4-8(6)12-9(14)5-11-7(2)13/h6,8,10H,3-5H2,1-2H3,(H,11,13)(H,12,14). The van der Waals surface area contributed by atoms with Crippen LogP contribution in [0.2, 0.25) is 0 Å². The third-order valence-electron chi connectivity index (χ3n) is 2.36. The average molecular weight is 199 g/mol. The molecule has 1 fully saturated rings. The summed E-state index contributed by atoms with van der Waals surface area (Å²) in [6, 6.07) is 0.191. The van der Waals surface area contributed by atoms with Crippen molar-refractivity contribution in [3.8, 4) is 0 Å². The highest BCUT2D eigenvalue weighted by Crippen LogP contribution is 2.06. The lowest BCUT2D eigenvalue weighted by Crippen LogP contribution is -2.44. The number of amides is 2. The van der Waals surface area contributed by atoms with Gasteiger partial charge in [-0.05, 0) is 12.5 Å². The number of carbonyl (C=O) groups is 2. The van der Waals surface area contributed by atoms with E-state index in [-0.39, 0.29) is 24.4 Å². The van der Waals surface area contributed by atoms with Crippen LogP contribution in [0.25, 0.3) is 0 Å². The summed E-state index contributed by atoms with van der Waals surface area (Å²) in [5, 5.41) is 8.52. The van der Waals surface area contributed by atoms with Crippen molar-refractivity contribution in [3.05, 3.63) is 0 Å². The molecule has 1 aliphatic rings. The maximum atomic E-state index is 11.3. The Morgan fingerprint density at radius 2 is 2.14 bits per heavy atom. The van der Waals surface area contributed by atoms with Crippen LogP contribution in [-0.2, 0) is 9.59 Å². The molecule has 1 saturated heterocycles. The molecule has 2 amide bonds. The number of hydrogen-bond acceptors (Lipinski definition) is 3. The van der Waals surface area contributed by atoms with Crippen molar-refractivity contribution in [2.75, 3.05) is 19.6 Å². The lowest BCUT2D eigenvalue weighted by atomic mass is 10.1. The van der Waals surface area contributed by atoms with Gasteiger partial charge in [-0.15, -0.1) is 0 Å². The fourth-order valence-electron chi connectivity index (χ4n) is 1.47. The molecule has 0 aromatic heterocycles. The minimum absolute atomic E-state index is 0.0680. The first-order valence-electron chi connectivity index (χ1n) is 4.84. The molecule has 0 saturated carbocycles. The molecule has 1 heterocycles. The normalized spacial score (nSPS) is 25.9. The topological polar surface area (TPSA) is 70.2 Å². The Morgan fingerprint density at radius 1 is 1.43 bits per heavy atom. The summed E-state index contributed by atoms with van der Waals surface area (Å²) < 4.78 is 0. The van der Waals surface area contributed by atoms with Crippen LogP contribution in [0.3, 0.4) is 0 Å². The van der Waals surface area contributed by atoms with Gasteiger partial charge in [0, 0.05) is 19.5 Å². The molecule has 5 heteroatoms. The average Bonchev–Trinajstić information content (AvgIpc) is 2.49. The molecular weight excluding hydrogens is 182 g/mol. The Labute approximate surface area is 83.6 Å². The van der Waals surface area contributed by atoms with Crippen LogP contribution in [0.1, 0.15) is 13.8 Å². The zero-order valence-corrected chi connectivity index (χ0v) is 8.59. The fourth-order valence-corrected chi connectivity index (χ4v) is 1.47. The second-order valence-corrected chi connectivity index (χ2v) is 3.72. The smallest absolute Gasteiger partial charge is 0.239 e. The summed E-state index contributed by atoms with van der Waals surface area (Å²) in [4.78, 5) is 21.8. The van der Waals surface area contributed by atoms with Crippen LogP contribution >= 0.6 is 0 Å². The fraction of sp³-hybridized carbons (Fsp3) is 0.778. The van der Waals surface area contributed by atoms with Crippen molar-refractivity contribution in [2.45, 2.75) is 19.9 Å². The summed E-state index contributed by atoms with van der Waals surface area (Å²) in [7, 11) is 0. The van der Waals surface area contributed by atoms with Gasteiger partial charge in [-0.2, -0.15) is 0 Å². The van der Waals surface area contributed by atoms with Crippen molar-refractivity contribution in [1.29, 1.82) is 0 Å². The van der Waals surface area contributed by atoms with Crippen LogP contribution in [0.15, 0.2) is 0 Å². The van der Waals surface area contributed by atoms with Crippen molar-refractivity contribution in [2.24, 2.45) is 5.92 Å². The molecule has 1 rings (SSSR count). The first-order valence-corrected chi connectivity index (χ1v) is 4.84.